The molecule has 2 aromatic rings. The van der Waals surface area contributed by atoms with Gasteiger partial charge in [0.1, 0.15) is 35.1 Å². The molecule has 0 spiro atoms. The van der Waals surface area contributed by atoms with Crippen LogP contribution in [0.15, 0.2) is 43.1 Å². The molecule has 4 atom stereocenters. The number of nitrogens with one attached hydrogen (secondary N) is 3. The summed E-state index contributed by atoms with van der Waals surface area (Å²) >= 11 is 0. The lowest BCUT2D eigenvalue weighted by Crippen LogP contribution is -2.62. The molecule has 13 nitrogen and oxygen atoms in total. The zero-order chi connectivity index (χ0) is 39.0. The number of ether oxygens (including phenoxy) is 2. The van der Waals surface area contributed by atoms with Gasteiger partial charge in [0.2, 0.25) is 21.8 Å². The minimum absolute atomic E-state index is 0.00857. The Morgan fingerprint density at radius 3 is 2.27 bits per heavy atom. The highest BCUT2D eigenvalue weighted by Gasteiger charge is 2.49. The molecule has 4 amide bonds. The van der Waals surface area contributed by atoms with Gasteiger partial charge >= 0.3 is 12.3 Å². The van der Waals surface area contributed by atoms with Crippen molar-refractivity contribution >= 4 is 44.7 Å². The molecular weight excluding hydrogens is 707 g/mol. The van der Waals surface area contributed by atoms with Crippen molar-refractivity contribution in [3.8, 4) is 5.75 Å². The van der Waals surface area contributed by atoms with Crippen LogP contribution >= 0.6 is 0 Å². The second-order valence-electron chi connectivity index (χ2n) is 15.5. The summed E-state index contributed by atoms with van der Waals surface area (Å²) < 4.78 is 79.1. The summed E-state index contributed by atoms with van der Waals surface area (Å²) in [6, 6.07) is 1.92. The molecule has 2 aliphatic rings. The first-order valence-corrected chi connectivity index (χ1v) is 18.3. The van der Waals surface area contributed by atoms with Gasteiger partial charge < -0.3 is 25.0 Å². The van der Waals surface area contributed by atoms with E-state index in [-0.39, 0.29) is 36.0 Å². The fraction of sp³-hybridized carbons (Fsp3) is 0.571. The first kappa shape index (κ1) is 40.4. The predicted octanol–water partition coefficient (Wildman–Crippen LogP) is 4.60. The van der Waals surface area contributed by atoms with E-state index in [1.54, 1.807) is 41.5 Å². The minimum atomic E-state index is -4.60. The number of sulfonamides is 1. The van der Waals surface area contributed by atoms with Gasteiger partial charge in [0.15, 0.2) is 0 Å². The number of hydrogen-bond donors (Lipinski definition) is 3. The molecular formula is C35H46F3N5O8S. The first-order chi connectivity index (χ1) is 23.8. The highest BCUT2D eigenvalue weighted by atomic mass is 32.2. The fourth-order valence-corrected chi connectivity index (χ4v) is 7.15. The van der Waals surface area contributed by atoms with Crippen molar-refractivity contribution in [2.24, 2.45) is 5.41 Å². The summed E-state index contributed by atoms with van der Waals surface area (Å²) in [4.78, 5) is 60.0. The summed E-state index contributed by atoms with van der Waals surface area (Å²) in [7, 11) is -3.98. The van der Waals surface area contributed by atoms with Gasteiger partial charge in [-0.1, -0.05) is 26.8 Å². The van der Waals surface area contributed by atoms with E-state index in [1.165, 1.54) is 36.2 Å². The maximum atomic E-state index is 14.4. The number of fused-ring (bicyclic) bond motifs is 1. The number of alkyl halides is 3. The second-order valence-corrected chi connectivity index (χ2v) is 17.4. The number of aromatic nitrogens is 1. The third kappa shape index (κ3) is 9.72. The van der Waals surface area contributed by atoms with Gasteiger partial charge in [0.25, 0.3) is 5.91 Å². The quantitative estimate of drug-likeness (QED) is 0.277. The van der Waals surface area contributed by atoms with Crippen LogP contribution in [-0.4, -0.2) is 83.2 Å². The Bertz CT molecular complexity index is 1840. The van der Waals surface area contributed by atoms with E-state index in [0.29, 0.717) is 12.8 Å². The number of benzene rings is 1. The van der Waals surface area contributed by atoms with E-state index in [2.05, 4.69) is 26.9 Å². The number of carbonyl (C=O) groups excluding carboxylic acids is 4. The average Bonchev–Trinajstić information content (AvgIpc) is 3.78. The number of likely N-dealkylation sites (tertiary alicyclic amines) is 1. The van der Waals surface area contributed by atoms with E-state index in [4.69, 9.17) is 9.47 Å². The van der Waals surface area contributed by atoms with Crippen molar-refractivity contribution in [1.29, 1.82) is 0 Å². The van der Waals surface area contributed by atoms with Crippen LogP contribution in [0.1, 0.15) is 79.7 Å². The summed E-state index contributed by atoms with van der Waals surface area (Å²) in [5.41, 5.74) is -4.48. The SMILES string of the molecule is C=CC[C@](C)(NC(=O)[C@@H]1C[C@@H](Oc2ccnc3cc(C(F)(F)F)ccc23)CN1C(=O)[C@@H](NC(=O)OC(C)(C)C)C(C)(C)C)C(=O)NS(=O)(=O)C1CC1. The van der Waals surface area contributed by atoms with Gasteiger partial charge in [-0.3, -0.25) is 24.1 Å². The van der Waals surface area contributed by atoms with Crippen LogP contribution in [0.5, 0.6) is 5.75 Å². The zero-order valence-corrected chi connectivity index (χ0v) is 31.0. The summed E-state index contributed by atoms with van der Waals surface area (Å²) in [5.74, 6) is -2.33. The largest absolute Gasteiger partial charge is 0.488 e. The Labute approximate surface area is 301 Å². The molecule has 0 bridgehead atoms. The van der Waals surface area contributed by atoms with Crippen LogP contribution in [0, 0.1) is 5.41 Å². The van der Waals surface area contributed by atoms with E-state index in [0.717, 1.165) is 12.1 Å². The van der Waals surface area contributed by atoms with Crippen LogP contribution in [-0.2, 0) is 35.3 Å². The molecule has 2 fully saturated rings. The number of pyridine rings is 1. The van der Waals surface area contributed by atoms with E-state index in [1.807, 2.05) is 0 Å². The summed E-state index contributed by atoms with van der Waals surface area (Å²) in [6.07, 6.45) is -3.27. The normalized spacial score (nSPS) is 20.0. The van der Waals surface area contributed by atoms with Crippen molar-refractivity contribution < 1.29 is 50.2 Å². The van der Waals surface area contributed by atoms with Gasteiger partial charge in [-0.05, 0) is 76.6 Å². The van der Waals surface area contributed by atoms with Crippen molar-refractivity contribution in [2.75, 3.05) is 6.54 Å². The standard InChI is InChI=1S/C35H46F3N5O8S/c1-9-15-34(8,30(46)42-52(48,49)22-11-12-22)41-28(44)25-18-21(50-26-14-16-39-24-17-20(35(36,37)38)10-13-23(24)26)19-43(25)29(45)27(32(2,3)4)40-31(47)51-33(5,6)7/h9-10,13-14,16-17,21-22,25,27H,1,11-12,15,18-19H2,2-8H3,(H,40,47)(H,41,44)(H,42,46)/t21-,25+,27-,34+/m1/s1. The Kier molecular flexibility index (Phi) is 11.3. The lowest BCUT2D eigenvalue weighted by Gasteiger charge is -2.36. The molecule has 0 radical (unpaired) electrons. The van der Waals surface area contributed by atoms with Gasteiger partial charge in [0.05, 0.1) is 22.9 Å². The lowest BCUT2D eigenvalue weighted by molar-refractivity contribution is -0.143. The molecule has 1 saturated carbocycles. The van der Waals surface area contributed by atoms with Gasteiger partial charge in [-0.15, -0.1) is 6.58 Å². The lowest BCUT2D eigenvalue weighted by atomic mass is 9.85. The number of rotatable bonds is 11. The fourth-order valence-electron chi connectivity index (χ4n) is 5.74. The molecule has 0 unspecified atom stereocenters. The summed E-state index contributed by atoms with van der Waals surface area (Å²) in [6.45, 7) is 14.8. The molecule has 286 valence electrons. The van der Waals surface area contributed by atoms with Crippen molar-refractivity contribution in [2.45, 2.75) is 115 Å². The molecule has 1 aliphatic heterocycles. The van der Waals surface area contributed by atoms with Crippen molar-refractivity contribution in [3.05, 3.63) is 48.7 Å². The third-order valence-electron chi connectivity index (χ3n) is 8.60. The van der Waals surface area contributed by atoms with E-state index < -0.39 is 85.6 Å². The molecule has 1 saturated heterocycles. The molecule has 2 heterocycles. The van der Waals surface area contributed by atoms with Crippen LogP contribution in [0.2, 0.25) is 0 Å². The maximum absolute atomic E-state index is 14.4. The number of amides is 4. The average molecular weight is 754 g/mol. The second kappa shape index (κ2) is 14.5. The highest BCUT2D eigenvalue weighted by Crippen LogP contribution is 2.35. The topological polar surface area (TPSA) is 173 Å². The van der Waals surface area contributed by atoms with Crippen LogP contribution in [0.3, 0.4) is 0 Å². The van der Waals surface area contributed by atoms with E-state index in [9.17, 15) is 40.8 Å². The Hall–Kier alpha value is -4.41. The molecule has 17 heteroatoms. The highest BCUT2D eigenvalue weighted by molar-refractivity contribution is 7.91. The Balaban J connectivity index is 1.68. The zero-order valence-electron chi connectivity index (χ0n) is 30.2. The van der Waals surface area contributed by atoms with Crippen LogP contribution in [0.25, 0.3) is 10.9 Å². The number of hydrogen-bond acceptors (Lipinski definition) is 9. The smallest absolute Gasteiger partial charge is 0.416 e. The Morgan fingerprint density at radius 2 is 1.71 bits per heavy atom. The van der Waals surface area contributed by atoms with Crippen LogP contribution < -0.4 is 20.1 Å². The maximum Gasteiger partial charge on any atom is 0.416 e. The monoisotopic (exact) mass is 753 g/mol. The molecule has 4 rings (SSSR count). The van der Waals surface area contributed by atoms with Gasteiger partial charge in [-0.2, -0.15) is 13.2 Å². The minimum Gasteiger partial charge on any atom is -0.488 e. The molecule has 1 aromatic heterocycles. The van der Waals surface area contributed by atoms with Gasteiger partial charge in [0, 0.05) is 18.0 Å². The molecule has 52 heavy (non-hydrogen) atoms. The number of carbonyl (C=O) groups is 4. The number of nitrogens with zero attached hydrogens (tertiary/aromatic N) is 2. The molecule has 3 N–H and O–H groups in total. The van der Waals surface area contributed by atoms with Gasteiger partial charge in [-0.25, -0.2) is 13.2 Å². The summed E-state index contributed by atoms with van der Waals surface area (Å²) in [5, 5.41) is 4.78. The predicted molar refractivity (Wildman–Crippen MR) is 185 cm³/mol. The molecule has 1 aromatic carbocycles. The van der Waals surface area contributed by atoms with Crippen molar-refractivity contribution in [3.63, 3.8) is 0 Å². The molecule has 1 aliphatic carbocycles. The first-order valence-electron chi connectivity index (χ1n) is 16.8. The third-order valence-corrected chi connectivity index (χ3v) is 10.4. The van der Waals surface area contributed by atoms with E-state index >= 15 is 0 Å². The Morgan fingerprint density at radius 1 is 1.06 bits per heavy atom. The number of alkyl carbamates (subject to hydrolysis) is 1. The van der Waals surface area contributed by atoms with Crippen molar-refractivity contribution in [1.82, 2.24) is 25.2 Å². The number of halogens is 3. The van der Waals surface area contributed by atoms with Crippen LogP contribution in [0.4, 0.5) is 18.0 Å².